The molecule has 6 nitrogen and oxygen atoms in total. The van der Waals surface area contributed by atoms with Crippen LogP contribution in [-0.4, -0.2) is 29.7 Å². The minimum atomic E-state index is -3.47. The first-order valence-electron chi connectivity index (χ1n) is 9.66. The van der Waals surface area contributed by atoms with Crippen LogP contribution in [0.25, 0.3) is 11.3 Å². The fourth-order valence-corrected chi connectivity index (χ4v) is 6.01. The Morgan fingerprint density at radius 3 is 2.68 bits per heavy atom. The first-order valence-corrected chi connectivity index (χ1v) is 12.0. The fourth-order valence-electron chi connectivity index (χ4n) is 3.65. The molecule has 3 heterocycles. The number of pyridine rings is 1. The molecule has 0 bridgehead atoms. The molecular weight excluding hydrogens is 392 g/mol. The second kappa shape index (κ2) is 8.14. The van der Waals surface area contributed by atoms with Crippen LogP contribution in [0, 0.1) is 0 Å². The zero-order valence-electron chi connectivity index (χ0n) is 15.9. The topological polar surface area (TPSA) is 76.9 Å². The summed E-state index contributed by atoms with van der Waals surface area (Å²) >= 11 is 1.33. The Labute approximate surface area is 169 Å². The second-order valence-corrected chi connectivity index (χ2v) is 10.1. The van der Waals surface area contributed by atoms with Gasteiger partial charge in [-0.1, -0.05) is 6.92 Å². The Kier molecular flexibility index (Phi) is 5.61. The van der Waals surface area contributed by atoms with Crippen molar-refractivity contribution >= 4 is 21.4 Å². The minimum absolute atomic E-state index is 0.325. The van der Waals surface area contributed by atoms with E-state index in [1.165, 1.54) is 29.0 Å². The van der Waals surface area contributed by atoms with E-state index < -0.39 is 10.0 Å². The number of rotatable bonds is 7. The van der Waals surface area contributed by atoms with Crippen LogP contribution in [-0.2, 0) is 35.8 Å². The molecule has 8 heteroatoms. The van der Waals surface area contributed by atoms with Crippen molar-refractivity contribution in [3.05, 3.63) is 52.8 Å². The van der Waals surface area contributed by atoms with E-state index in [1.54, 1.807) is 18.5 Å². The third-order valence-electron chi connectivity index (χ3n) is 5.08. The van der Waals surface area contributed by atoms with Crippen molar-refractivity contribution in [2.75, 3.05) is 6.54 Å². The highest BCUT2D eigenvalue weighted by atomic mass is 32.2. The lowest BCUT2D eigenvalue weighted by atomic mass is 9.94. The van der Waals surface area contributed by atoms with Crippen LogP contribution in [0.3, 0.4) is 0 Å². The molecule has 1 aliphatic carbocycles. The van der Waals surface area contributed by atoms with Gasteiger partial charge in [0, 0.05) is 40.6 Å². The van der Waals surface area contributed by atoms with Crippen molar-refractivity contribution in [1.29, 1.82) is 0 Å². The number of fused-ring (bicyclic) bond motifs is 1. The highest BCUT2D eigenvalue weighted by molar-refractivity contribution is 7.91. The maximum absolute atomic E-state index is 12.5. The Balaban J connectivity index is 1.51. The zero-order valence-corrected chi connectivity index (χ0v) is 17.5. The Morgan fingerprint density at radius 1 is 1.14 bits per heavy atom. The molecule has 0 aromatic carbocycles. The Bertz CT molecular complexity index is 1060. The van der Waals surface area contributed by atoms with Crippen LogP contribution in [0.15, 0.2) is 40.9 Å². The molecule has 0 saturated heterocycles. The summed E-state index contributed by atoms with van der Waals surface area (Å²) in [5.41, 5.74) is 4.61. The monoisotopic (exact) mass is 416 g/mol. The molecule has 0 atom stereocenters. The maximum Gasteiger partial charge on any atom is 0.250 e. The molecule has 1 N–H and O–H groups in total. The number of hydrogen-bond acceptors (Lipinski definition) is 5. The second-order valence-electron chi connectivity index (χ2n) is 6.91. The maximum atomic E-state index is 12.5. The summed E-state index contributed by atoms with van der Waals surface area (Å²) < 4.78 is 30.2. The zero-order chi connectivity index (χ0) is 19.6. The van der Waals surface area contributed by atoms with E-state index in [9.17, 15) is 8.42 Å². The molecule has 1 aliphatic rings. The van der Waals surface area contributed by atoms with Crippen LogP contribution in [0.4, 0.5) is 0 Å². The van der Waals surface area contributed by atoms with Gasteiger partial charge in [-0.15, -0.1) is 11.3 Å². The summed E-state index contributed by atoms with van der Waals surface area (Å²) in [4.78, 5) is 5.17. The van der Waals surface area contributed by atoms with Crippen LogP contribution in [0.5, 0.6) is 0 Å². The number of nitrogens with one attached hydrogen (secondary N) is 1. The van der Waals surface area contributed by atoms with Gasteiger partial charge >= 0.3 is 0 Å². The van der Waals surface area contributed by atoms with Crippen LogP contribution in [0.1, 0.15) is 35.9 Å². The molecule has 3 aromatic rings. The lowest BCUT2D eigenvalue weighted by Crippen LogP contribution is -2.27. The van der Waals surface area contributed by atoms with Crippen molar-refractivity contribution in [3.63, 3.8) is 0 Å². The van der Waals surface area contributed by atoms with Gasteiger partial charge < -0.3 is 0 Å². The van der Waals surface area contributed by atoms with Gasteiger partial charge in [-0.05, 0) is 56.4 Å². The predicted molar refractivity (Wildman–Crippen MR) is 111 cm³/mol. The van der Waals surface area contributed by atoms with Gasteiger partial charge in [0.1, 0.15) is 4.21 Å². The molecule has 3 aromatic heterocycles. The van der Waals surface area contributed by atoms with Gasteiger partial charge in [-0.2, -0.15) is 5.10 Å². The average molecular weight is 417 g/mol. The van der Waals surface area contributed by atoms with Gasteiger partial charge in [0.05, 0.1) is 12.2 Å². The highest BCUT2D eigenvalue weighted by Crippen LogP contribution is 2.31. The van der Waals surface area contributed by atoms with Gasteiger partial charge in [-0.25, -0.2) is 13.1 Å². The molecule has 0 spiro atoms. The summed E-state index contributed by atoms with van der Waals surface area (Å²) in [5.74, 6) is 0. The molecule has 0 saturated carbocycles. The predicted octanol–water partition coefficient (Wildman–Crippen LogP) is 3.43. The summed E-state index contributed by atoms with van der Waals surface area (Å²) in [6.45, 7) is 2.88. The quantitative estimate of drug-likeness (QED) is 0.640. The molecule has 0 fully saturated rings. The van der Waals surface area contributed by atoms with Gasteiger partial charge in [0.2, 0.25) is 10.0 Å². The number of nitrogens with zero attached hydrogens (tertiary/aromatic N) is 3. The lowest BCUT2D eigenvalue weighted by Gasteiger charge is -2.14. The standard InChI is InChI=1S/C20H24N4O2S2/c1-2-16-7-8-19(27-16)28(25,26)22-13-14-24-18-6-4-3-5-17(18)20(23-24)15-9-11-21-12-10-15/h7-12,22H,2-6,13-14H2,1H3. The Morgan fingerprint density at radius 2 is 1.93 bits per heavy atom. The number of aryl methyl sites for hydroxylation is 1. The third-order valence-corrected chi connectivity index (χ3v) is 8.26. The summed E-state index contributed by atoms with van der Waals surface area (Å²) in [6.07, 6.45) is 8.74. The van der Waals surface area contributed by atoms with Crippen molar-refractivity contribution in [1.82, 2.24) is 19.5 Å². The van der Waals surface area contributed by atoms with Gasteiger partial charge in [0.25, 0.3) is 0 Å². The van der Waals surface area contributed by atoms with E-state index in [4.69, 9.17) is 5.10 Å². The number of sulfonamides is 1. The molecule has 0 unspecified atom stereocenters. The van der Waals surface area contributed by atoms with Gasteiger partial charge in [0.15, 0.2) is 0 Å². The largest absolute Gasteiger partial charge is 0.267 e. The first-order chi connectivity index (χ1) is 13.6. The average Bonchev–Trinajstić information content (AvgIpc) is 3.34. The normalized spacial score (nSPS) is 14.2. The molecule has 4 rings (SSSR count). The summed E-state index contributed by atoms with van der Waals surface area (Å²) in [7, 11) is -3.47. The highest BCUT2D eigenvalue weighted by Gasteiger charge is 2.22. The molecule has 0 amide bonds. The van der Waals surface area contributed by atoms with Crippen molar-refractivity contribution < 1.29 is 8.42 Å². The van der Waals surface area contributed by atoms with E-state index >= 15 is 0 Å². The van der Waals surface area contributed by atoms with Crippen molar-refractivity contribution in [2.45, 2.75) is 49.8 Å². The number of aromatic nitrogens is 3. The SMILES string of the molecule is CCc1ccc(S(=O)(=O)NCCn2nc(-c3ccncc3)c3c2CCCC3)s1. The smallest absolute Gasteiger partial charge is 0.250 e. The van der Waals surface area contributed by atoms with E-state index in [2.05, 4.69) is 9.71 Å². The molecule has 0 radical (unpaired) electrons. The Hall–Kier alpha value is -2.03. The fraction of sp³-hybridized carbons (Fsp3) is 0.400. The van der Waals surface area contributed by atoms with Crippen LogP contribution >= 0.6 is 11.3 Å². The summed E-state index contributed by atoms with van der Waals surface area (Å²) in [6, 6.07) is 7.52. The molecular formula is C20H24N4O2S2. The molecule has 0 aliphatic heterocycles. The lowest BCUT2D eigenvalue weighted by molar-refractivity contribution is 0.539. The van der Waals surface area contributed by atoms with Crippen molar-refractivity contribution in [2.24, 2.45) is 0 Å². The van der Waals surface area contributed by atoms with E-state index in [1.807, 2.05) is 29.8 Å². The van der Waals surface area contributed by atoms with E-state index in [0.717, 1.165) is 41.8 Å². The van der Waals surface area contributed by atoms with Crippen LogP contribution < -0.4 is 4.72 Å². The third kappa shape index (κ3) is 3.90. The first kappa shape index (κ1) is 19.3. The van der Waals surface area contributed by atoms with E-state index in [0.29, 0.717) is 17.3 Å². The van der Waals surface area contributed by atoms with Crippen LogP contribution in [0.2, 0.25) is 0 Å². The molecule has 148 valence electrons. The van der Waals surface area contributed by atoms with E-state index in [-0.39, 0.29) is 0 Å². The minimum Gasteiger partial charge on any atom is -0.267 e. The number of hydrogen-bond donors (Lipinski definition) is 1. The summed E-state index contributed by atoms with van der Waals surface area (Å²) in [5, 5.41) is 4.83. The van der Waals surface area contributed by atoms with Crippen molar-refractivity contribution in [3.8, 4) is 11.3 Å². The van der Waals surface area contributed by atoms with Gasteiger partial charge in [-0.3, -0.25) is 9.67 Å². The molecule has 28 heavy (non-hydrogen) atoms. The number of thiophene rings is 1.